The number of aromatic carboxylic acids is 1. The van der Waals surface area contributed by atoms with E-state index < -0.39 is 5.97 Å². The fourth-order valence-corrected chi connectivity index (χ4v) is 1.68. The molecule has 8 nitrogen and oxygen atoms in total. The Morgan fingerprint density at radius 3 is 2.81 bits per heavy atom. The third-order valence-corrected chi connectivity index (χ3v) is 2.67. The zero-order valence-electron chi connectivity index (χ0n) is 10.7. The molecule has 2 rings (SSSR count). The van der Waals surface area contributed by atoms with Crippen LogP contribution in [0.15, 0.2) is 35.4 Å². The lowest BCUT2D eigenvalue weighted by atomic mass is 10.1. The topological polar surface area (TPSA) is 144 Å². The Bertz CT molecular complexity index is 704. The molecule has 0 unspecified atom stereocenters. The molecule has 9 heteroatoms. The zero-order valence-corrected chi connectivity index (χ0v) is 11.5. The molecule has 0 spiro atoms. The van der Waals surface area contributed by atoms with Crippen LogP contribution in [0.25, 0.3) is 10.9 Å². The number of nitrogens with zero attached hydrogens (tertiary/aromatic N) is 2. The van der Waals surface area contributed by atoms with E-state index in [0.717, 1.165) is 0 Å². The Morgan fingerprint density at radius 1 is 1.43 bits per heavy atom. The highest BCUT2D eigenvalue weighted by atomic mass is 32.1. The number of rotatable bonds is 3. The number of nitrogens with two attached hydrogens (primary N) is 1. The van der Waals surface area contributed by atoms with E-state index in [1.165, 1.54) is 12.3 Å². The average molecular weight is 307 g/mol. The van der Waals surface area contributed by atoms with Gasteiger partial charge in [-0.25, -0.2) is 15.6 Å². The highest BCUT2D eigenvalue weighted by Gasteiger charge is 2.10. The third kappa shape index (κ3) is 3.92. The van der Waals surface area contributed by atoms with Crippen molar-refractivity contribution in [2.75, 3.05) is 0 Å². The van der Waals surface area contributed by atoms with Crippen LogP contribution >= 0.6 is 12.2 Å². The summed E-state index contributed by atoms with van der Waals surface area (Å²) in [6.45, 7) is 0. The molecule has 0 fully saturated rings. The molecule has 0 aliphatic heterocycles. The van der Waals surface area contributed by atoms with Gasteiger partial charge in [0.1, 0.15) is 0 Å². The summed E-state index contributed by atoms with van der Waals surface area (Å²) in [6.07, 6.45) is 1.36. The van der Waals surface area contributed by atoms with E-state index in [0.29, 0.717) is 16.6 Å². The number of hydrogen-bond donors (Lipinski definition) is 4. The van der Waals surface area contributed by atoms with Crippen LogP contribution in [0.2, 0.25) is 0 Å². The maximum Gasteiger partial charge on any atom is 0.336 e. The predicted octanol–water partition coefficient (Wildman–Crippen LogP) is -0.220. The number of benzene rings is 1. The molecule has 1 heterocycles. The molecule has 0 saturated heterocycles. The number of aromatic nitrogens is 1. The maximum absolute atomic E-state index is 11.3. The number of carboxylic acids is 1. The number of carboxylic acid groups (broad SMARTS) is 1. The Balaban J connectivity index is 0.00000220. The average Bonchev–Trinajstić information content (AvgIpc) is 2.46. The molecule has 0 amide bonds. The molecule has 1 aromatic carbocycles. The minimum Gasteiger partial charge on any atom is -0.478 e. The maximum atomic E-state index is 11.3. The summed E-state index contributed by atoms with van der Waals surface area (Å²) in [5.74, 6) is 4.05. The highest BCUT2D eigenvalue weighted by molar-refractivity contribution is 7.80. The van der Waals surface area contributed by atoms with Gasteiger partial charge in [-0.3, -0.25) is 10.9 Å². The number of thiocarbonyl (C=S) groups is 1. The van der Waals surface area contributed by atoms with Gasteiger partial charge >= 0.3 is 5.97 Å². The Kier molecular flexibility index (Phi) is 5.67. The third-order valence-electron chi connectivity index (χ3n) is 2.46. The molecule has 0 radical (unpaired) electrons. The standard InChI is InChI=1S/C12H11N5O2S.H2O/c13-16-12(20)17-14-6-7-5-9(11(18)19)8-3-1-2-4-10(8)15-7;/h1-6H,13H2,(H,18,19)(H2,16,17,20);1H2/b14-6+;. The highest BCUT2D eigenvalue weighted by Crippen LogP contribution is 2.17. The van der Waals surface area contributed by atoms with E-state index in [4.69, 9.17) is 18.1 Å². The summed E-state index contributed by atoms with van der Waals surface area (Å²) < 4.78 is 0. The van der Waals surface area contributed by atoms with E-state index in [1.807, 2.05) is 0 Å². The number of hydrazine groups is 1. The first-order chi connectivity index (χ1) is 9.61. The molecule has 0 bridgehead atoms. The Labute approximate surface area is 124 Å². The van der Waals surface area contributed by atoms with Crippen molar-refractivity contribution in [2.45, 2.75) is 0 Å². The van der Waals surface area contributed by atoms with Crippen molar-refractivity contribution in [2.24, 2.45) is 10.9 Å². The molecule has 0 aliphatic carbocycles. The Morgan fingerprint density at radius 2 is 2.14 bits per heavy atom. The molecular formula is C12H13N5O3S. The minimum absolute atomic E-state index is 0. The van der Waals surface area contributed by atoms with Gasteiger partial charge in [0.2, 0.25) is 5.11 Å². The summed E-state index contributed by atoms with van der Waals surface area (Å²) >= 11 is 4.74. The quantitative estimate of drug-likeness (QED) is 0.265. The van der Waals surface area contributed by atoms with Gasteiger partial charge in [0.15, 0.2) is 0 Å². The second kappa shape index (κ2) is 7.24. The fraction of sp³-hybridized carbons (Fsp3) is 0. The van der Waals surface area contributed by atoms with Gasteiger partial charge in [0.25, 0.3) is 0 Å². The summed E-state index contributed by atoms with van der Waals surface area (Å²) in [5, 5.41) is 13.7. The SMILES string of the molecule is NNC(=S)N/N=C/c1cc(C(=O)O)c2ccccc2n1.O. The number of hydrazone groups is 1. The summed E-state index contributed by atoms with van der Waals surface area (Å²) in [4.78, 5) is 15.6. The lowest BCUT2D eigenvalue weighted by Gasteiger charge is -2.04. The van der Waals surface area contributed by atoms with Crippen LogP contribution in [0.5, 0.6) is 0 Å². The van der Waals surface area contributed by atoms with Gasteiger partial charge in [-0.2, -0.15) is 5.10 Å². The van der Waals surface area contributed by atoms with Gasteiger partial charge in [0, 0.05) is 5.39 Å². The largest absolute Gasteiger partial charge is 0.478 e. The summed E-state index contributed by atoms with van der Waals surface area (Å²) in [5.41, 5.74) is 5.79. The van der Waals surface area contributed by atoms with Gasteiger partial charge in [-0.05, 0) is 24.4 Å². The van der Waals surface area contributed by atoms with Gasteiger partial charge in [-0.15, -0.1) is 0 Å². The van der Waals surface area contributed by atoms with Crippen molar-refractivity contribution in [1.29, 1.82) is 0 Å². The van der Waals surface area contributed by atoms with Crippen LogP contribution in [-0.2, 0) is 0 Å². The number of fused-ring (bicyclic) bond motifs is 1. The van der Waals surface area contributed by atoms with E-state index in [1.54, 1.807) is 24.3 Å². The Hall–Kier alpha value is -2.62. The normalized spacial score (nSPS) is 10.1. The van der Waals surface area contributed by atoms with Crippen molar-refractivity contribution in [1.82, 2.24) is 15.8 Å². The second-order valence-electron chi connectivity index (χ2n) is 3.76. The first-order valence-electron chi connectivity index (χ1n) is 5.54. The van der Waals surface area contributed by atoms with Crippen LogP contribution in [-0.4, -0.2) is 32.9 Å². The van der Waals surface area contributed by atoms with Gasteiger partial charge in [0.05, 0.1) is 23.0 Å². The molecule has 0 atom stereocenters. The monoisotopic (exact) mass is 307 g/mol. The van der Waals surface area contributed by atoms with Crippen molar-refractivity contribution in [3.63, 3.8) is 0 Å². The van der Waals surface area contributed by atoms with Crippen molar-refractivity contribution < 1.29 is 15.4 Å². The van der Waals surface area contributed by atoms with E-state index >= 15 is 0 Å². The first kappa shape index (κ1) is 16.4. The molecule has 2 aromatic rings. The van der Waals surface area contributed by atoms with Crippen molar-refractivity contribution in [3.05, 3.63) is 41.6 Å². The molecular weight excluding hydrogens is 294 g/mol. The van der Waals surface area contributed by atoms with Crippen LogP contribution in [0, 0.1) is 0 Å². The van der Waals surface area contributed by atoms with E-state index in [2.05, 4.69) is 20.9 Å². The minimum atomic E-state index is -1.02. The second-order valence-corrected chi connectivity index (χ2v) is 4.17. The lowest BCUT2D eigenvalue weighted by Crippen LogP contribution is -2.37. The summed E-state index contributed by atoms with van der Waals surface area (Å²) in [6, 6.07) is 8.43. The van der Waals surface area contributed by atoms with Gasteiger partial charge < -0.3 is 10.6 Å². The summed E-state index contributed by atoms with van der Waals surface area (Å²) in [7, 11) is 0. The van der Waals surface area contributed by atoms with Crippen molar-refractivity contribution in [3.8, 4) is 0 Å². The first-order valence-corrected chi connectivity index (χ1v) is 5.95. The van der Waals surface area contributed by atoms with E-state index in [9.17, 15) is 9.90 Å². The number of para-hydroxylation sites is 1. The smallest absolute Gasteiger partial charge is 0.336 e. The molecule has 0 aliphatic rings. The van der Waals surface area contributed by atoms with Crippen molar-refractivity contribution >= 4 is 40.4 Å². The van der Waals surface area contributed by atoms with Crippen LogP contribution in [0.1, 0.15) is 16.1 Å². The van der Waals surface area contributed by atoms with E-state index in [-0.39, 0.29) is 16.2 Å². The fourth-order valence-electron chi connectivity index (χ4n) is 1.63. The number of carbonyl (C=O) groups is 1. The molecule has 110 valence electrons. The number of nitrogens with one attached hydrogen (secondary N) is 2. The van der Waals surface area contributed by atoms with Crippen LogP contribution in [0.4, 0.5) is 0 Å². The molecule has 7 N–H and O–H groups in total. The van der Waals surface area contributed by atoms with Gasteiger partial charge in [-0.1, -0.05) is 18.2 Å². The zero-order chi connectivity index (χ0) is 14.5. The predicted molar refractivity (Wildman–Crippen MR) is 83.0 cm³/mol. The van der Waals surface area contributed by atoms with Crippen LogP contribution < -0.4 is 16.7 Å². The molecule has 21 heavy (non-hydrogen) atoms. The number of hydrogen-bond acceptors (Lipinski definition) is 5. The van der Waals surface area contributed by atoms with Crippen LogP contribution in [0.3, 0.4) is 0 Å². The molecule has 1 aromatic heterocycles. The number of pyridine rings is 1. The molecule has 0 saturated carbocycles. The lowest BCUT2D eigenvalue weighted by molar-refractivity contribution is 0.0699.